The molecule has 1 aliphatic heterocycles. The molecule has 1 aromatic carbocycles. The summed E-state index contributed by atoms with van der Waals surface area (Å²) in [6.07, 6.45) is 4.04. The topological polar surface area (TPSA) is 131 Å². The average Bonchev–Trinajstić information content (AvgIpc) is 3.41. The summed E-state index contributed by atoms with van der Waals surface area (Å²) in [5.41, 5.74) is 1.73. The lowest BCUT2D eigenvalue weighted by atomic mass is 10.0. The van der Waals surface area contributed by atoms with Crippen molar-refractivity contribution in [2.24, 2.45) is 0 Å². The van der Waals surface area contributed by atoms with Crippen LogP contribution in [-0.4, -0.2) is 29.6 Å². The summed E-state index contributed by atoms with van der Waals surface area (Å²) in [6.45, 7) is 1.63. The maximum atomic E-state index is 12.2. The number of benzene rings is 1. The van der Waals surface area contributed by atoms with Gasteiger partial charge in [-0.15, -0.1) is 5.10 Å². The predicted octanol–water partition coefficient (Wildman–Crippen LogP) is 3.35. The number of pyridine rings is 1. The number of carbonyl (C=O) groups is 1. The minimum absolute atomic E-state index is 0.0612. The molecule has 10 nitrogen and oxygen atoms in total. The van der Waals surface area contributed by atoms with Crippen molar-refractivity contribution >= 4 is 16.1 Å². The van der Waals surface area contributed by atoms with Gasteiger partial charge in [-0.05, 0) is 37.1 Å². The molecule has 0 saturated heterocycles. The van der Waals surface area contributed by atoms with Crippen LogP contribution < -0.4 is 4.74 Å². The van der Waals surface area contributed by atoms with Gasteiger partial charge >= 0.3 is 21.3 Å². The highest BCUT2D eigenvalue weighted by molar-refractivity contribution is 7.86. The molecule has 4 rings (SSSR count). The number of carbonyl (C=O) groups excluding carboxylic acids is 1. The number of hydrogen-bond acceptors (Lipinski definition) is 10. The van der Waals surface area contributed by atoms with E-state index in [0.29, 0.717) is 17.0 Å². The van der Waals surface area contributed by atoms with Crippen LogP contribution in [0.1, 0.15) is 59.8 Å². The molecule has 0 saturated carbocycles. The van der Waals surface area contributed by atoms with Crippen LogP contribution in [0.15, 0.2) is 52.2 Å². The number of esters is 1. The third-order valence-corrected chi connectivity index (χ3v) is 5.79. The van der Waals surface area contributed by atoms with Crippen molar-refractivity contribution < 1.29 is 31.3 Å². The molecular formula is C21H21N3O7S. The van der Waals surface area contributed by atoms with Gasteiger partial charge in [0.25, 0.3) is 5.89 Å². The second kappa shape index (κ2) is 9.45. The molecule has 0 bridgehead atoms. The van der Waals surface area contributed by atoms with Gasteiger partial charge in [0, 0.05) is 11.8 Å². The summed E-state index contributed by atoms with van der Waals surface area (Å²) in [5, 5.41) is 6.52. The lowest BCUT2D eigenvalue weighted by Gasteiger charge is -2.09. The molecular weight excluding hydrogens is 438 g/mol. The second-order valence-corrected chi connectivity index (χ2v) is 8.57. The zero-order valence-electron chi connectivity index (χ0n) is 17.3. The summed E-state index contributed by atoms with van der Waals surface area (Å²) in [5.74, 6) is -0.0532. The Morgan fingerprint density at radius 2 is 2.00 bits per heavy atom. The number of hydrogen-bond donors (Lipinski definition) is 0. The Hall–Kier alpha value is -3.31. The van der Waals surface area contributed by atoms with Crippen LogP contribution in [-0.2, 0) is 32.3 Å². The Kier molecular flexibility index (Phi) is 6.47. The molecule has 0 radical (unpaired) electrons. The lowest BCUT2D eigenvalue weighted by Crippen LogP contribution is -2.07. The van der Waals surface area contributed by atoms with Gasteiger partial charge in [-0.3, -0.25) is 9.17 Å². The number of nitrogens with zero attached hydrogens (tertiary/aromatic N) is 3. The van der Waals surface area contributed by atoms with Gasteiger partial charge in [-0.2, -0.15) is 8.42 Å². The van der Waals surface area contributed by atoms with Crippen LogP contribution in [0.4, 0.5) is 0 Å². The standard InChI is InChI=1S/C21H21N3O7S/c1-2-3-7-18-16-9-8-15(11-17(16)20(25)30-18)28-13-19-23-24-21(31-19)32(26,27)29-12-14-6-4-5-10-22-14/h4-6,8-11,18H,2-3,7,12-13H2,1H3. The smallest absolute Gasteiger partial charge is 0.363 e. The van der Waals surface area contributed by atoms with E-state index in [-0.39, 0.29) is 31.2 Å². The zero-order chi connectivity index (χ0) is 22.6. The summed E-state index contributed by atoms with van der Waals surface area (Å²) in [6, 6.07) is 10.1. The van der Waals surface area contributed by atoms with E-state index in [1.807, 2.05) is 0 Å². The van der Waals surface area contributed by atoms with Crippen LogP contribution in [0, 0.1) is 0 Å². The first-order valence-electron chi connectivity index (χ1n) is 10.1. The fourth-order valence-electron chi connectivity index (χ4n) is 3.16. The van der Waals surface area contributed by atoms with Crippen LogP contribution >= 0.6 is 0 Å². The van der Waals surface area contributed by atoms with Crippen LogP contribution in [0.3, 0.4) is 0 Å². The molecule has 1 unspecified atom stereocenters. The molecule has 3 heterocycles. The van der Waals surface area contributed by atoms with Gasteiger partial charge in [-0.1, -0.05) is 30.6 Å². The van der Waals surface area contributed by atoms with Gasteiger partial charge in [-0.25, -0.2) is 4.79 Å². The molecule has 3 aromatic rings. The van der Waals surface area contributed by atoms with Crippen molar-refractivity contribution in [1.29, 1.82) is 0 Å². The minimum Gasteiger partial charge on any atom is -0.484 e. The summed E-state index contributed by atoms with van der Waals surface area (Å²) >= 11 is 0. The third kappa shape index (κ3) is 4.94. The summed E-state index contributed by atoms with van der Waals surface area (Å²) in [7, 11) is -4.25. The lowest BCUT2D eigenvalue weighted by molar-refractivity contribution is 0.0364. The number of rotatable bonds is 10. The molecule has 32 heavy (non-hydrogen) atoms. The number of aromatic nitrogens is 3. The largest absolute Gasteiger partial charge is 0.484 e. The number of cyclic esters (lactones) is 1. The Labute approximate surface area is 184 Å². The molecule has 1 atom stereocenters. The van der Waals surface area contributed by atoms with E-state index in [1.54, 1.807) is 36.4 Å². The van der Waals surface area contributed by atoms with Gasteiger partial charge in [0.1, 0.15) is 18.5 Å². The molecule has 0 fully saturated rings. The van der Waals surface area contributed by atoms with Gasteiger partial charge in [0.2, 0.25) is 0 Å². The Morgan fingerprint density at radius 3 is 2.78 bits per heavy atom. The van der Waals surface area contributed by atoms with E-state index in [2.05, 4.69) is 22.1 Å². The fourth-order valence-corrected chi connectivity index (χ4v) is 3.87. The van der Waals surface area contributed by atoms with E-state index < -0.39 is 15.3 Å². The molecule has 0 N–H and O–H groups in total. The highest BCUT2D eigenvalue weighted by Crippen LogP contribution is 2.36. The van der Waals surface area contributed by atoms with E-state index >= 15 is 0 Å². The van der Waals surface area contributed by atoms with Crippen LogP contribution in [0.5, 0.6) is 5.75 Å². The molecule has 1 aliphatic rings. The Morgan fingerprint density at radius 1 is 1.12 bits per heavy atom. The van der Waals surface area contributed by atoms with Gasteiger partial charge in [0.05, 0.1) is 11.3 Å². The van der Waals surface area contributed by atoms with Crippen LogP contribution in [0.2, 0.25) is 0 Å². The summed E-state index contributed by atoms with van der Waals surface area (Å²) in [4.78, 5) is 16.1. The SMILES string of the molecule is CCCCC1OC(=O)c2cc(OCc3nnc(S(=O)(=O)OCc4ccccn4)o3)ccc21. The normalized spacial score (nSPS) is 15.4. The number of fused-ring (bicyclic) bond motifs is 1. The predicted molar refractivity (Wildman–Crippen MR) is 109 cm³/mol. The van der Waals surface area contributed by atoms with E-state index in [0.717, 1.165) is 24.8 Å². The monoisotopic (exact) mass is 459 g/mol. The highest BCUT2D eigenvalue weighted by Gasteiger charge is 2.31. The maximum absolute atomic E-state index is 12.2. The molecule has 11 heteroatoms. The molecule has 2 aromatic heterocycles. The van der Waals surface area contributed by atoms with Crippen molar-refractivity contribution in [3.63, 3.8) is 0 Å². The third-order valence-electron chi connectivity index (χ3n) is 4.77. The average molecular weight is 459 g/mol. The van der Waals surface area contributed by atoms with Crippen LogP contribution in [0.25, 0.3) is 0 Å². The second-order valence-electron chi connectivity index (χ2n) is 7.07. The van der Waals surface area contributed by atoms with E-state index in [9.17, 15) is 13.2 Å². The quantitative estimate of drug-likeness (QED) is 0.328. The molecule has 0 aliphatic carbocycles. The van der Waals surface area contributed by atoms with Gasteiger partial charge < -0.3 is 13.9 Å². The number of unbranched alkanes of at least 4 members (excludes halogenated alkanes) is 1. The van der Waals surface area contributed by atoms with Crippen molar-refractivity contribution in [1.82, 2.24) is 15.2 Å². The minimum atomic E-state index is -4.25. The van der Waals surface area contributed by atoms with E-state index in [1.165, 1.54) is 6.20 Å². The van der Waals surface area contributed by atoms with Crippen molar-refractivity contribution in [2.45, 2.75) is 50.7 Å². The van der Waals surface area contributed by atoms with Crippen molar-refractivity contribution in [2.75, 3.05) is 0 Å². The zero-order valence-corrected chi connectivity index (χ0v) is 18.1. The maximum Gasteiger partial charge on any atom is 0.363 e. The first-order chi connectivity index (χ1) is 15.5. The first kappa shape index (κ1) is 21.9. The Balaban J connectivity index is 1.37. The first-order valence-corrected chi connectivity index (χ1v) is 11.5. The molecule has 0 spiro atoms. The van der Waals surface area contributed by atoms with E-state index in [4.69, 9.17) is 18.1 Å². The summed E-state index contributed by atoms with van der Waals surface area (Å²) < 4.78 is 45.5. The molecule has 168 valence electrons. The van der Waals surface area contributed by atoms with Crippen molar-refractivity contribution in [3.8, 4) is 5.75 Å². The Bertz CT molecular complexity index is 1200. The van der Waals surface area contributed by atoms with Crippen molar-refractivity contribution in [3.05, 3.63) is 65.3 Å². The van der Waals surface area contributed by atoms with Gasteiger partial charge in [0.15, 0.2) is 6.61 Å². The molecule has 0 amide bonds. The highest BCUT2D eigenvalue weighted by atomic mass is 32.2. The number of ether oxygens (including phenoxy) is 2. The fraction of sp³-hybridized carbons (Fsp3) is 0.333.